The van der Waals surface area contributed by atoms with E-state index in [1.54, 1.807) is 23.9 Å². The third kappa shape index (κ3) is 3.98. The molecule has 1 fully saturated rings. The van der Waals surface area contributed by atoms with E-state index in [2.05, 4.69) is 14.7 Å². The Labute approximate surface area is 140 Å². The summed E-state index contributed by atoms with van der Waals surface area (Å²) in [5, 5.41) is 3.88. The number of nitrogens with zero attached hydrogens (tertiary/aromatic N) is 2. The fraction of sp³-hybridized carbons (Fsp3) is 0.438. The average molecular weight is 356 g/mol. The average Bonchev–Trinajstić information content (AvgIpc) is 3.23. The summed E-state index contributed by atoms with van der Waals surface area (Å²) < 4.78 is 41.6. The molecule has 8 heteroatoms. The molecule has 0 atom stereocenters. The summed E-state index contributed by atoms with van der Waals surface area (Å²) >= 11 is 1.68. The minimum atomic E-state index is -4.67. The third-order valence-electron chi connectivity index (χ3n) is 3.89. The van der Waals surface area contributed by atoms with Crippen molar-refractivity contribution in [2.24, 2.45) is 0 Å². The van der Waals surface area contributed by atoms with Crippen LogP contribution in [-0.4, -0.2) is 26.9 Å². The molecule has 0 unspecified atom stereocenters. The van der Waals surface area contributed by atoms with Crippen LogP contribution < -0.4 is 0 Å². The molecule has 0 saturated heterocycles. The zero-order valence-corrected chi connectivity index (χ0v) is 13.5. The number of hydrogen-bond acceptors (Lipinski definition) is 5. The lowest BCUT2D eigenvalue weighted by atomic mass is 10.1. The zero-order chi connectivity index (χ0) is 17.2. The van der Waals surface area contributed by atoms with Gasteiger partial charge >= 0.3 is 12.1 Å². The van der Waals surface area contributed by atoms with Gasteiger partial charge in [-0.2, -0.15) is 29.9 Å². The number of Topliss-reactive ketones (excluding diaryl/α,β-unsaturated/α-hetero) is 1. The van der Waals surface area contributed by atoms with Crippen LogP contribution in [0.4, 0.5) is 13.2 Å². The van der Waals surface area contributed by atoms with Crippen LogP contribution in [0.5, 0.6) is 0 Å². The number of aromatic nitrogens is 2. The van der Waals surface area contributed by atoms with Crippen LogP contribution >= 0.6 is 11.8 Å². The smallest absolute Gasteiger partial charge is 0.329 e. The number of rotatable bonds is 5. The molecule has 1 aromatic carbocycles. The van der Waals surface area contributed by atoms with Gasteiger partial charge in [-0.15, -0.1) is 0 Å². The van der Waals surface area contributed by atoms with Gasteiger partial charge in [0.15, 0.2) is 5.78 Å². The van der Waals surface area contributed by atoms with Gasteiger partial charge in [0, 0.05) is 16.4 Å². The maximum Gasteiger partial charge on any atom is 0.471 e. The Kier molecular flexibility index (Phi) is 4.93. The number of thioether (sulfide) groups is 1. The van der Waals surface area contributed by atoms with Crippen molar-refractivity contribution in [1.82, 2.24) is 10.1 Å². The van der Waals surface area contributed by atoms with E-state index in [1.165, 1.54) is 25.0 Å². The van der Waals surface area contributed by atoms with Crippen molar-refractivity contribution in [3.8, 4) is 11.4 Å². The molecule has 0 aliphatic heterocycles. The molecule has 128 valence electrons. The van der Waals surface area contributed by atoms with Gasteiger partial charge in [-0.1, -0.05) is 42.3 Å². The SMILES string of the molecule is O=C(CSC1CCCC1)c1ccc(-c2noc(C(F)(F)F)n2)cc1. The minimum absolute atomic E-state index is 0.0162. The number of halogens is 3. The Balaban J connectivity index is 1.64. The van der Waals surface area contributed by atoms with Gasteiger partial charge in [0.25, 0.3) is 0 Å². The van der Waals surface area contributed by atoms with Crippen molar-refractivity contribution in [3.05, 3.63) is 35.7 Å². The first-order valence-corrected chi connectivity index (χ1v) is 8.64. The predicted octanol–water partition coefficient (Wildman–Crippen LogP) is 4.61. The van der Waals surface area contributed by atoms with Crippen molar-refractivity contribution >= 4 is 17.5 Å². The van der Waals surface area contributed by atoms with Crippen molar-refractivity contribution < 1.29 is 22.5 Å². The van der Waals surface area contributed by atoms with Crippen molar-refractivity contribution in [1.29, 1.82) is 0 Å². The van der Waals surface area contributed by atoms with Crippen molar-refractivity contribution in [2.45, 2.75) is 37.1 Å². The van der Waals surface area contributed by atoms with Gasteiger partial charge < -0.3 is 4.52 Å². The molecule has 2 aromatic rings. The molecule has 0 bridgehead atoms. The van der Waals surface area contributed by atoms with E-state index in [9.17, 15) is 18.0 Å². The molecule has 0 radical (unpaired) electrons. The molecule has 3 rings (SSSR count). The molecule has 1 saturated carbocycles. The first kappa shape index (κ1) is 17.0. The molecule has 1 aliphatic rings. The highest BCUT2D eigenvalue weighted by Crippen LogP contribution is 2.31. The highest BCUT2D eigenvalue weighted by Gasteiger charge is 2.38. The van der Waals surface area contributed by atoms with E-state index in [0.717, 1.165) is 12.8 Å². The Bertz CT molecular complexity index is 707. The zero-order valence-electron chi connectivity index (χ0n) is 12.7. The van der Waals surface area contributed by atoms with Crippen molar-refractivity contribution in [3.63, 3.8) is 0 Å². The molecular weight excluding hydrogens is 341 g/mol. The molecule has 1 heterocycles. The molecular formula is C16H15F3N2O2S. The van der Waals surface area contributed by atoms with Gasteiger partial charge in [-0.3, -0.25) is 4.79 Å². The summed E-state index contributed by atoms with van der Waals surface area (Å²) in [4.78, 5) is 15.5. The highest BCUT2D eigenvalue weighted by atomic mass is 32.2. The summed E-state index contributed by atoms with van der Waals surface area (Å²) in [6.45, 7) is 0. The molecule has 0 N–H and O–H groups in total. The van der Waals surface area contributed by atoms with Gasteiger partial charge in [0.05, 0.1) is 5.75 Å². The summed E-state index contributed by atoms with van der Waals surface area (Å²) in [7, 11) is 0. The minimum Gasteiger partial charge on any atom is -0.329 e. The van der Waals surface area contributed by atoms with Crippen LogP contribution in [-0.2, 0) is 6.18 Å². The number of ketones is 1. The number of carbonyl (C=O) groups excluding carboxylic acids is 1. The van der Waals surface area contributed by atoms with Crippen LogP contribution in [0.15, 0.2) is 28.8 Å². The normalized spacial score (nSPS) is 15.8. The van der Waals surface area contributed by atoms with Crippen LogP contribution in [0.25, 0.3) is 11.4 Å². The fourth-order valence-corrected chi connectivity index (χ4v) is 3.81. The van der Waals surface area contributed by atoms with Crippen LogP contribution in [0.3, 0.4) is 0 Å². The lowest BCUT2D eigenvalue weighted by Gasteiger charge is -2.07. The molecule has 0 spiro atoms. The number of alkyl halides is 3. The Hall–Kier alpha value is -1.83. The van der Waals surface area contributed by atoms with E-state index in [1.807, 2.05) is 0 Å². The molecule has 1 aromatic heterocycles. The first-order valence-electron chi connectivity index (χ1n) is 7.59. The summed E-state index contributed by atoms with van der Waals surface area (Å²) in [5.41, 5.74) is 0.901. The number of benzene rings is 1. The van der Waals surface area contributed by atoms with E-state index >= 15 is 0 Å². The second kappa shape index (κ2) is 6.96. The lowest BCUT2D eigenvalue weighted by Crippen LogP contribution is -2.06. The third-order valence-corrected chi connectivity index (χ3v) is 5.26. The second-order valence-corrected chi connectivity index (χ2v) is 6.93. The standard InChI is InChI=1S/C16H15F3N2O2S/c17-16(18,19)15-20-14(21-23-15)11-7-5-10(6-8-11)13(22)9-24-12-3-1-2-4-12/h5-8,12H,1-4,9H2. The van der Waals surface area contributed by atoms with Gasteiger partial charge in [0.2, 0.25) is 5.82 Å². The Morgan fingerprint density at radius 1 is 1.21 bits per heavy atom. The second-order valence-electron chi connectivity index (χ2n) is 5.64. The fourth-order valence-electron chi connectivity index (χ4n) is 2.59. The van der Waals surface area contributed by atoms with Gasteiger partial charge in [0.1, 0.15) is 0 Å². The Morgan fingerprint density at radius 3 is 2.46 bits per heavy atom. The number of carbonyl (C=O) groups is 1. The molecule has 1 aliphatic carbocycles. The maximum absolute atomic E-state index is 12.5. The van der Waals surface area contributed by atoms with Crippen molar-refractivity contribution in [2.75, 3.05) is 5.75 Å². The Morgan fingerprint density at radius 2 is 1.88 bits per heavy atom. The summed E-state index contributed by atoms with van der Waals surface area (Å²) in [6.07, 6.45) is 0.113. The lowest BCUT2D eigenvalue weighted by molar-refractivity contribution is -0.159. The predicted molar refractivity (Wildman–Crippen MR) is 83.8 cm³/mol. The van der Waals surface area contributed by atoms with Gasteiger partial charge in [-0.05, 0) is 12.8 Å². The van der Waals surface area contributed by atoms with E-state index in [-0.39, 0.29) is 11.6 Å². The monoisotopic (exact) mass is 356 g/mol. The van der Waals surface area contributed by atoms with E-state index < -0.39 is 12.1 Å². The van der Waals surface area contributed by atoms with E-state index in [4.69, 9.17) is 0 Å². The molecule has 0 amide bonds. The summed E-state index contributed by atoms with van der Waals surface area (Å²) in [6, 6.07) is 6.21. The van der Waals surface area contributed by atoms with E-state index in [0.29, 0.717) is 22.1 Å². The maximum atomic E-state index is 12.5. The number of hydrogen-bond donors (Lipinski definition) is 0. The topological polar surface area (TPSA) is 56.0 Å². The highest BCUT2D eigenvalue weighted by molar-refractivity contribution is 8.00. The largest absolute Gasteiger partial charge is 0.471 e. The van der Waals surface area contributed by atoms with Crippen LogP contribution in [0.2, 0.25) is 0 Å². The van der Waals surface area contributed by atoms with Crippen LogP contribution in [0, 0.1) is 0 Å². The molecule has 24 heavy (non-hydrogen) atoms. The summed E-state index contributed by atoms with van der Waals surface area (Å²) in [5.74, 6) is -1.10. The van der Waals surface area contributed by atoms with Crippen LogP contribution in [0.1, 0.15) is 41.9 Å². The van der Waals surface area contributed by atoms with Gasteiger partial charge in [-0.25, -0.2) is 0 Å². The molecule has 4 nitrogen and oxygen atoms in total. The quantitative estimate of drug-likeness (QED) is 0.732. The first-order chi connectivity index (χ1) is 11.4.